The number of hydrogen-bond donors (Lipinski definition) is 2. The molecule has 0 bridgehead atoms. The van der Waals surface area contributed by atoms with E-state index in [1.165, 1.54) is 25.4 Å². The SMILES string of the molecule is COCC(=O)C(CCCCC(=O)O)(C(=O)O)C(=O)c1ccnc(Cl)c1. The summed E-state index contributed by atoms with van der Waals surface area (Å²) in [5, 5.41) is 18.3. The summed E-state index contributed by atoms with van der Waals surface area (Å²) in [5.41, 5.74) is -2.43. The summed E-state index contributed by atoms with van der Waals surface area (Å²) in [4.78, 5) is 51.5. The molecule has 1 atom stereocenters. The second-order valence-electron chi connectivity index (χ2n) is 5.36. The molecule has 0 aromatic carbocycles. The second-order valence-corrected chi connectivity index (χ2v) is 5.75. The summed E-state index contributed by atoms with van der Waals surface area (Å²) >= 11 is 5.74. The average Bonchev–Trinajstić information content (AvgIpc) is 2.54. The Bertz CT molecular complexity index is 676. The van der Waals surface area contributed by atoms with Crippen LogP contribution in [0.3, 0.4) is 0 Å². The Morgan fingerprint density at radius 2 is 1.92 bits per heavy atom. The number of unbranched alkanes of at least 4 members (excludes halogenated alkanes) is 1. The average molecular weight is 372 g/mol. The quantitative estimate of drug-likeness (QED) is 0.261. The first-order chi connectivity index (χ1) is 11.8. The first-order valence-corrected chi connectivity index (χ1v) is 7.77. The number of carbonyl (C=O) groups excluding carboxylic acids is 2. The normalized spacial score (nSPS) is 13.0. The van der Waals surface area contributed by atoms with Gasteiger partial charge in [-0.05, 0) is 25.0 Å². The van der Waals surface area contributed by atoms with Crippen molar-refractivity contribution in [3.05, 3.63) is 29.0 Å². The van der Waals surface area contributed by atoms with Crippen molar-refractivity contribution in [2.45, 2.75) is 25.7 Å². The van der Waals surface area contributed by atoms with Crippen LogP contribution in [0.25, 0.3) is 0 Å². The Morgan fingerprint density at radius 1 is 1.24 bits per heavy atom. The lowest BCUT2D eigenvalue weighted by molar-refractivity contribution is -0.153. The van der Waals surface area contributed by atoms with E-state index >= 15 is 0 Å². The summed E-state index contributed by atoms with van der Waals surface area (Å²) in [6.07, 6.45) is 0.904. The van der Waals surface area contributed by atoms with Gasteiger partial charge < -0.3 is 14.9 Å². The lowest BCUT2D eigenvalue weighted by atomic mass is 9.73. The first kappa shape index (κ1) is 20.7. The van der Waals surface area contributed by atoms with Crippen LogP contribution in [-0.4, -0.2) is 52.4 Å². The standard InChI is InChI=1S/C16H18ClNO7/c1-25-9-11(19)16(15(23)24,6-3-2-4-13(20)21)14(22)10-5-7-18-12(17)8-10/h5,7-8H,2-4,6,9H2,1H3,(H,20,21)(H,23,24). The number of ketones is 2. The van der Waals surface area contributed by atoms with E-state index in [2.05, 4.69) is 4.98 Å². The number of halogens is 1. The van der Waals surface area contributed by atoms with Gasteiger partial charge in [0.05, 0.1) is 0 Å². The van der Waals surface area contributed by atoms with Gasteiger partial charge >= 0.3 is 11.9 Å². The third-order valence-electron chi connectivity index (χ3n) is 3.69. The molecule has 1 aromatic rings. The molecule has 0 aliphatic carbocycles. The van der Waals surface area contributed by atoms with Crippen LogP contribution in [0.15, 0.2) is 18.3 Å². The molecule has 0 radical (unpaired) electrons. The van der Waals surface area contributed by atoms with Crippen LogP contribution in [0.1, 0.15) is 36.0 Å². The molecule has 25 heavy (non-hydrogen) atoms. The van der Waals surface area contributed by atoms with Crippen LogP contribution >= 0.6 is 11.6 Å². The zero-order chi connectivity index (χ0) is 19.0. The predicted octanol–water partition coefficient (Wildman–Crippen LogP) is 1.85. The van der Waals surface area contributed by atoms with Crippen LogP contribution in [-0.2, 0) is 19.1 Å². The fourth-order valence-electron chi connectivity index (χ4n) is 2.41. The highest BCUT2D eigenvalue weighted by Crippen LogP contribution is 2.32. The third-order valence-corrected chi connectivity index (χ3v) is 3.89. The van der Waals surface area contributed by atoms with Crippen molar-refractivity contribution in [2.24, 2.45) is 5.41 Å². The maximum atomic E-state index is 12.8. The molecule has 1 heterocycles. The monoisotopic (exact) mass is 371 g/mol. The number of aromatic nitrogens is 1. The predicted molar refractivity (Wildman–Crippen MR) is 86.6 cm³/mol. The largest absolute Gasteiger partial charge is 0.481 e. The Morgan fingerprint density at radius 3 is 2.44 bits per heavy atom. The van der Waals surface area contributed by atoms with Crippen molar-refractivity contribution >= 4 is 35.1 Å². The van der Waals surface area contributed by atoms with Gasteiger partial charge in [-0.25, -0.2) is 4.98 Å². The lowest BCUT2D eigenvalue weighted by Gasteiger charge is -2.26. The number of aliphatic carboxylic acids is 2. The number of pyridine rings is 1. The molecule has 0 aliphatic rings. The maximum absolute atomic E-state index is 12.8. The highest BCUT2D eigenvalue weighted by atomic mass is 35.5. The van der Waals surface area contributed by atoms with Gasteiger partial charge in [-0.3, -0.25) is 19.2 Å². The molecule has 0 aliphatic heterocycles. The number of carbonyl (C=O) groups is 4. The molecule has 0 spiro atoms. The zero-order valence-corrected chi connectivity index (χ0v) is 14.3. The van der Waals surface area contributed by atoms with Gasteiger partial charge in [0, 0.05) is 25.3 Å². The summed E-state index contributed by atoms with van der Waals surface area (Å²) in [7, 11) is 1.21. The van der Waals surface area contributed by atoms with Gasteiger partial charge in [-0.15, -0.1) is 0 Å². The highest BCUT2D eigenvalue weighted by molar-refractivity contribution is 6.31. The summed E-state index contributed by atoms with van der Waals surface area (Å²) < 4.78 is 4.72. The van der Waals surface area contributed by atoms with Crippen LogP contribution in [0.2, 0.25) is 5.15 Å². The van der Waals surface area contributed by atoms with Crippen molar-refractivity contribution in [2.75, 3.05) is 13.7 Å². The second kappa shape index (κ2) is 9.24. The summed E-state index contributed by atoms with van der Waals surface area (Å²) in [6.45, 7) is -0.560. The van der Waals surface area contributed by atoms with Crippen LogP contribution in [0.4, 0.5) is 0 Å². The number of carboxylic acid groups (broad SMARTS) is 2. The molecule has 0 saturated carbocycles. The third kappa shape index (κ3) is 5.07. The molecular weight excluding hydrogens is 354 g/mol. The zero-order valence-electron chi connectivity index (χ0n) is 13.5. The lowest BCUT2D eigenvalue weighted by Crippen LogP contribution is -2.48. The van der Waals surface area contributed by atoms with Crippen molar-refractivity contribution in [1.82, 2.24) is 4.98 Å². The van der Waals surface area contributed by atoms with Crippen molar-refractivity contribution < 1.29 is 34.1 Å². The molecule has 9 heteroatoms. The minimum absolute atomic E-state index is 0.0183. The molecular formula is C16H18ClNO7. The Labute approximate surface area is 148 Å². The molecule has 2 N–H and O–H groups in total. The summed E-state index contributed by atoms with van der Waals surface area (Å²) in [5.74, 6) is -4.49. The molecule has 0 amide bonds. The molecule has 8 nitrogen and oxygen atoms in total. The summed E-state index contributed by atoms with van der Waals surface area (Å²) in [6, 6.07) is 2.45. The number of rotatable bonds is 11. The minimum Gasteiger partial charge on any atom is -0.481 e. The molecule has 1 rings (SSSR count). The topological polar surface area (TPSA) is 131 Å². The van der Waals surface area contributed by atoms with Crippen molar-refractivity contribution in [3.63, 3.8) is 0 Å². The van der Waals surface area contributed by atoms with Gasteiger partial charge in [-0.1, -0.05) is 18.0 Å². The smallest absolute Gasteiger partial charge is 0.325 e. The van der Waals surface area contributed by atoms with Crippen LogP contribution in [0, 0.1) is 5.41 Å². The van der Waals surface area contributed by atoms with Crippen LogP contribution in [0.5, 0.6) is 0 Å². The van der Waals surface area contributed by atoms with Gasteiger partial charge in [0.25, 0.3) is 0 Å². The van der Waals surface area contributed by atoms with E-state index in [1.807, 2.05) is 0 Å². The van der Waals surface area contributed by atoms with E-state index in [4.69, 9.17) is 21.4 Å². The number of ether oxygens (including phenoxy) is 1. The van der Waals surface area contributed by atoms with E-state index in [0.29, 0.717) is 0 Å². The van der Waals surface area contributed by atoms with Gasteiger partial charge in [0.1, 0.15) is 11.8 Å². The van der Waals surface area contributed by atoms with E-state index in [1.54, 1.807) is 0 Å². The van der Waals surface area contributed by atoms with Gasteiger partial charge in [-0.2, -0.15) is 0 Å². The number of nitrogens with zero attached hydrogens (tertiary/aromatic N) is 1. The van der Waals surface area contributed by atoms with Crippen molar-refractivity contribution in [1.29, 1.82) is 0 Å². The molecule has 0 fully saturated rings. The molecule has 0 saturated heterocycles. The number of Topliss-reactive ketones (excluding diaryl/α,β-unsaturated/α-hetero) is 2. The first-order valence-electron chi connectivity index (χ1n) is 7.39. The highest BCUT2D eigenvalue weighted by Gasteiger charge is 2.52. The van der Waals surface area contributed by atoms with E-state index in [-0.39, 0.29) is 36.4 Å². The Hall–Kier alpha value is -2.32. The fourth-order valence-corrected chi connectivity index (χ4v) is 2.59. The van der Waals surface area contributed by atoms with Gasteiger partial charge in [0.15, 0.2) is 17.0 Å². The minimum atomic E-state index is -2.36. The number of hydrogen-bond acceptors (Lipinski definition) is 6. The van der Waals surface area contributed by atoms with E-state index in [0.717, 1.165) is 0 Å². The Kier molecular flexibility index (Phi) is 7.66. The van der Waals surface area contributed by atoms with E-state index in [9.17, 15) is 24.3 Å². The Balaban J connectivity index is 3.23. The fraction of sp³-hybridized carbons (Fsp3) is 0.438. The van der Waals surface area contributed by atoms with Gasteiger partial charge in [0.2, 0.25) is 0 Å². The van der Waals surface area contributed by atoms with Crippen molar-refractivity contribution in [3.8, 4) is 0 Å². The van der Waals surface area contributed by atoms with E-state index < -0.39 is 35.5 Å². The number of methoxy groups -OCH3 is 1. The van der Waals surface area contributed by atoms with Crippen LogP contribution < -0.4 is 0 Å². The number of carboxylic acids is 2. The maximum Gasteiger partial charge on any atom is 0.325 e. The molecule has 1 unspecified atom stereocenters. The molecule has 1 aromatic heterocycles. The molecule has 136 valence electrons.